The van der Waals surface area contributed by atoms with E-state index in [1.165, 1.54) is 7.11 Å². The molecule has 0 spiro atoms. The molecule has 2 nitrogen and oxygen atoms in total. The average molecular weight is 156 g/mol. The van der Waals surface area contributed by atoms with Crippen molar-refractivity contribution in [2.75, 3.05) is 7.11 Å². The van der Waals surface area contributed by atoms with E-state index in [9.17, 15) is 0 Å². The zero-order valence-corrected chi connectivity index (χ0v) is 6.43. The Balaban J connectivity index is 3.17. The van der Waals surface area contributed by atoms with Gasteiger partial charge in [-0.25, -0.2) is 0 Å². The molecule has 0 aliphatic carbocycles. The highest BCUT2D eigenvalue weighted by Crippen LogP contribution is 2.31. The normalized spacial score (nSPS) is 9.40. The second kappa shape index (κ2) is 2.84. The van der Waals surface area contributed by atoms with Crippen LogP contribution in [0.5, 0.6) is 11.5 Å². The summed E-state index contributed by atoms with van der Waals surface area (Å²) in [5.74, 6) is 0.542. The molecule has 0 saturated carbocycles. The van der Waals surface area contributed by atoms with E-state index in [0.29, 0.717) is 10.6 Å². The van der Waals surface area contributed by atoms with Gasteiger partial charge in [0.15, 0.2) is 11.5 Å². The SMILES string of the molecule is COc1c(O)cccc1S. The third-order valence-corrected chi connectivity index (χ3v) is 1.53. The Kier molecular flexibility index (Phi) is 2.06. The first-order chi connectivity index (χ1) is 4.75. The first-order valence-electron chi connectivity index (χ1n) is 2.80. The Hall–Kier alpha value is -0.830. The lowest BCUT2D eigenvalue weighted by Crippen LogP contribution is -1.84. The van der Waals surface area contributed by atoms with E-state index < -0.39 is 0 Å². The number of para-hydroxylation sites is 1. The van der Waals surface area contributed by atoms with Crippen molar-refractivity contribution in [3.05, 3.63) is 18.2 Å². The fourth-order valence-corrected chi connectivity index (χ4v) is 1.01. The molecule has 10 heavy (non-hydrogen) atoms. The van der Waals surface area contributed by atoms with Gasteiger partial charge in [0.05, 0.1) is 12.0 Å². The Bertz CT molecular complexity index is 215. The smallest absolute Gasteiger partial charge is 0.173 e. The lowest BCUT2D eigenvalue weighted by molar-refractivity contribution is 0.365. The Morgan fingerprint density at radius 1 is 1.50 bits per heavy atom. The van der Waals surface area contributed by atoms with Crippen LogP contribution in [0.25, 0.3) is 0 Å². The van der Waals surface area contributed by atoms with Crippen molar-refractivity contribution in [2.24, 2.45) is 0 Å². The van der Waals surface area contributed by atoms with Crippen molar-refractivity contribution in [3.8, 4) is 11.5 Å². The molecule has 54 valence electrons. The van der Waals surface area contributed by atoms with Gasteiger partial charge in [-0.15, -0.1) is 12.6 Å². The van der Waals surface area contributed by atoms with E-state index >= 15 is 0 Å². The van der Waals surface area contributed by atoms with Crippen molar-refractivity contribution < 1.29 is 9.84 Å². The fraction of sp³-hybridized carbons (Fsp3) is 0.143. The molecule has 0 unspecified atom stereocenters. The third kappa shape index (κ3) is 1.19. The maximum Gasteiger partial charge on any atom is 0.173 e. The highest BCUT2D eigenvalue weighted by Gasteiger charge is 2.02. The third-order valence-electron chi connectivity index (χ3n) is 1.18. The van der Waals surface area contributed by atoms with Crippen LogP contribution in [0.2, 0.25) is 0 Å². The number of ether oxygens (including phenoxy) is 1. The molecule has 1 N–H and O–H groups in total. The predicted molar refractivity (Wildman–Crippen MR) is 41.9 cm³/mol. The molecule has 3 heteroatoms. The van der Waals surface area contributed by atoms with Crippen LogP contribution >= 0.6 is 12.6 Å². The molecule has 0 heterocycles. The number of hydrogen-bond donors (Lipinski definition) is 2. The molecule has 0 amide bonds. The lowest BCUT2D eigenvalue weighted by Gasteiger charge is -2.03. The summed E-state index contributed by atoms with van der Waals surface area (Å²) in [5, 5.41) is 9.12. The van der Waals surface area contributed by atoms with Gasteiger partial charge in [0.25, 0.3) is 0 Å². The van der Waals surface area contributed by atoms with Gasteiger partial charge in [0, 0.05) is 0 Å². The molecule has 0 aliphatic heterocycles. The van der Waals surface area contributed by atoms with E-state index in [2.05, 4.69) is 12.6 Å². The lowest BCUT2D eigenvalue weighted by atomic mass is 10.3. The van der Waals surface area contributed by atoms with E-state index in [0.717, 1.165) is 0 Å². The first kappa shape index (κ1) is 7.28. The minimum absolute atomic E-state index is 0.120. The highest BCUT2D eigenvalue weighted by atomic mass is 32.1. The van der Waals surface area contributed by atoms with E-state index in [-0.39, 0.29) is 5.75 Å². The van der Waals surface area contributed by atoms with Crippen LogP contribution in [0.4, 0.5) is 0 Å². The van der Waals surface area contributed by atoms with Crippen LogP contribution in [0.1, 0.15) is 0 Å². The molecular weight excluding hydrogens is 148 g/mol. The molecule has 0 atom stereocenters. The van der Waals surface area contributed by atoms with Crippen molar-refractivity contribution in [1.82, 2.24) is 0 Å². The molecule has 1 aromatic rings. The van der Waals surface area contributed by atoms with Crippen molar-refractivity contribution in [1.29, 1.82) is 0 Å². The summed E-state index contributed by atoms with van der Waals surface area (Å²) in [4.78, 5) is 0.641. The number of phenolic OH excluding ortho intramolecular Hbond substituents is 1. The number of thiol groups is 1. The molecular formula is C7H8O2S. The van der Waals surface area contributed by atoms with E-state index in [4.69, 9.17) is 9.84 Å². The van der Waals surface area contributed by atoms with Gasteiger partial charge in [0.1, 0.15) is 0 Å². The summed E-state index contributed by atoms with van der Waals surface area (Å²) in [5.41, 5.74) is 0. The number of rotatable bonds is 1. The standard InChI is InChI=1S/C7H8O2S/c1-9-7-5(8)3-2-4-6(7)10/h2-4,8,10H,1H3. The van der Waals surface area contributed by atoms with Crippen LogP contribution in [0, 0.1) is 0 Å². The first-order valence-corrected chi connectivity index (χ1v) is 3.25. The number of phenols is 1. The molecule has 0 saturated heterocycles. The number of methoxy groups -OCH3 is 1. The zero-order valence-electron chi connectivity index (χ0n) is 5.53. The monoisotopic (exact) mass is 156 g/mol. The second-order valence-corrected chi connectivity index (χ2v) is 2.31. The van der Waals surface area contributed by atoms with Crippen molar-refractivity contribution >= 4 is 12.6 Å². The minimum Gasteiger partial charge on any atom is -0.504 e. The Labute approximate surface area is 64.9 Å². The second-order valence-electron chi connectivity index (χ2n) is 1.83. The molecule has 0 radical (unpaired) electrons. The van der Waals surface area contributed by atoms with Gasteiger partial charge in [-0.2, -0.15) is 0 Å². The maximum absolute atomic E-state index is 9.12. The molecule has 1 aromatic carbocycles. The largest absolute Gasteiger partial charge is 0.504 e. The summed E-state index contributed by atoms with van der Waals surface area (Å²) in [6, 6.07) is 5.01. The molecule has 0 aromatic heterocycles. The van der Waals surface area contributed by atoms with Crippen LogP contribution < -0.4 is 4.74 Å². The summed E-state index contributed by atoms with van der Waals surface area (Å²) in [6.45, 7) is 0. The van der Waals surface area contributed by atoms with E-state index in [1.54, 1.807) is 18.2 Å². The summed E-state index contributed by atoms with van der Waals surface area (Å²) < 4.78 is 4.85. The van der Waals surface area contributed by atoms with Crippen molar-refractivity contribution in [3.63, 3.8) is 0 Å². The van der Waals surface area contributed by atoms with Crippen LogP contribution in [-0.2, 0) is 0 Å². The highest BCUT2D eigenvalue weighted by molar-refractivity contribution is 7.80. The Morgan fingerprint density at radius 2 is 2.20 bits per heavy atom. The predicted octanol–water partition coefficient (Wildman–Crippen LogP) is 1.69. The van der Waals surface area contributed by atoms with Gasteiger partial charge in [-0.1, -0.05) is 6.07 Å². The van der Waals surface area contributed by atoms with Crippen molar-refractivity contribution in [2.45, 2.75) is 4.90 Å². The summed E-state index contributed by atoms with van der Waals surface area (Å²) in [6.07, 6.45) is 0. The van der Waals surface area contributed by atoms with Crippen LogP contribution in [0.3, 0.4) is 0 Å². The molecule has 0 fully saturated rings. The van der Waals surface area contributed by atoms with Crippen LogP contribution in [-0.4, -0.2) is 12.2 Å². The average Bonchev–Trinajstić information content (AvgIpc) is 1.88. The quantitative estimate of drug-likeness (QED) is 0.606. The molecule has 1 rings (SSSR count). The number of hydrogen-bond acceptors (Lipinski definition) is 3. The Morgan fingerprint density at radius 3 is 2.60 bits per heavy atom. The topological polar surface area (TPSA) is 29.5 Å². The number of aromatic hydroxyl groups is 1. The fourth-order valence-electron chi connectivity index (χ4n) is 0.722. The van der Waals surface area contributed by atoms with E-state index in [1.807, 2.05) is 0 Å². The van der Waals surface area contributed by atoms with Gasteiger partial charge >= 0.3 is 0 Å². The maximum atomic E-state index is 9.12. The van der Waals surface area contributed by atoms with Gasteiger partial charge in [-0.05, 0) is 12.1 Å². The molecule has 0 aliphatic rings. The van der Waals surface area contributed by atoms with Gasteiger partial charge < -0.3 is 9.84 Å². The number of benzene rings is 1. The zero-order chi connectivity index (χ0) is 7.56. The van der Waals surface area contributed by atoms with Gasteiger partial charge in [-0.3, -0.25) is 0 Å². The summed E-state index contributed by atoms with van der Waals surface area (Å²) >= 11 is 4.06. The summed E-state index contributed by atoms with van der Waals surface area (Å²) in [7, 11) is 1.49. The van der Waals surface area contributed by atoms with Gasteiger partial charge in [0.2, 0.25) is 0 Å². The molecule has 0 bridgehead atoms. The minimum atomic E-state index is 0.120. The van der Waals surface area contributed by atoms with Crippen LogP contribution in [0.15, 0.2) is 23.1 Å².